The van der Waals surface area contributed by atoms with Crippen molar-refractivity contribution in [2.24, 2.45) is 0 Å². The molecule has 0 heterocycles. The van der Waals surface area contributed by atoms with Gasteiger partial charge in [-0.1, -0.05) is 12.1 Å². The first-order valence-corrected chi connectivity index (χ1v) is 8.40. The van der Waals surface area contributed by atoms with Crippen LogP contribution in [0.25, 0.3) is 0 Å². The van der Waals surface area contributed by atoms with Gasteiger partial charge in [0, 0.05) is 31.9 Å². The van der Waals surface area contributed by atoms with E-state index in [1.54, 1.807) is 38.2 Å². The molecule has 1 amide bonds. The van der Waals surface area contributed by atoms with Gasteiger partial charge in [-0.2, -0.15) is 0 Å². The van der Waals surface area contributed by atoms with Crippen molar-refractivity contribution >= 4 is 28.9 Å². The minimum Gasteiger partial charge on any atom is -0.497 e. The average Bonchev–Trinajstić information content (AvgIpc) is 2.62. The molecule has 0 aliphatic carbocycles. The lowest BCUT2D eigenvalue weighted by molar-refractivity contribution is 0.0827. The van der Waals surface area contributed by atoms with Crippen LogP contribution in [0.5, 0.6) is 5.75 Å². The van der Waals surface area contributed by atoms with Gasteiger partial charge in [0.15, 0.2) is 5.11 Å². The van der Waals surface area contributed by atoms with E-state index in [-0.39, 0.29) is 5.91 Å². The SMILES string of the molecule is COc1ccc(CCNC(=S)Nc2ccc(C(=O)N(C)C)cc2)cc1. The number of hydrogen-bond acceptors (Lipinski definition) is 3. The number of thiocarbonyl (C=S) groups is 1. The van der Waals surface area contributed by atoms with Gasteiger partial charge < -0.3 is 20.3 Å². The van der Waals surface area contributed by atoms with Gasteiger partial charge in [0.05, 0.1) is 7.11 Å². The van der Waals surface area contributed by atoms with Crippen LogP contribution in [-0.4, -0.2) is 43.7 Å². The van der Waals surface area contributed by atoms with E-state index in [1.165, 1.54) is 5.56 Å². The number of methoxy groups -OCH3 is 1. The number of nitrogens with one attached hydrogen (secondary N) is 2. The maximum atomic E-state index is 11.9. The topological polar surface area (TPSA) is 53.6 Å². The van der Waals surface area contributed by atoms with Crippen LogP contribution >= 0.6 is 12.2 Å². The lowest BCUT2D eigenvalue weighted by Crippen LogP contribution is -2.30. The Kier molecular flexibility index (Phi) is 6.77. The van der Waals surface area contributed by atoms with Crippen LogP contribution < -0.4 is 15.4 Å². The maximum Gasteiger partial charge on any atom is 0.253 e. The molecule has 2 rings (SSSR count). The van der Waals surface area contributed by atoms with Crippen LogP contribution in [0.2, 0.25) is 0 Å². The van der Waals surface area contributed by atoms with E-state index in [9.17, 15) is 4.79 Å². The number of carbonyl (C=O) groups excluding carboxylic acids is 1. The number of hydrogen-bond donors (Lipinski definition) is 2. The lowest BCUT2D eigenvalue weighted by Gasteiger charge is -2.13. The van der Waals surface area contributed by atoms with Crippen LogP contribution in [0, 0.1) is 0 Å². The molecule has 0 aliphatic rings. The van der Waals surface area contributed by atoms with Crippen LogP contribution in [0.3, 0.4) is 0 Å². The van der Waals surface area contributed by atoms with Crippen molar-refractivity contribution < 1.29 is 9.53 Å². The van der Waals surface area contributed by atoms with Gasteiger partial charge in [-0.3, -0.25) is 4.79 Å². The van der Waals surface area contributed by atoms with Gasteiger partial charge in [-0.25, -0.2) is 0 Å². The van der Waals surface area contributed by atoms with Crippen molar-refractivity contribution in [3.05, 3.63) is 59.7 Å². The highest BCUT2D eigenvalue weighted by Gasteiger charge is 2.07. The van der Waals surface area contributed by atoms with Crippen molar-refractivity contribution in [2.45, 2.75) is 6.42 Å². The standard InChI is InChI=1S/C19H23N3O2S/c1-22(2)18(23)15-6-8-16(9-7-15)21-19(25)20-13-12-14-4-10-17(24-3)11-5-14/h4-11H,12-13H2,1-3H3,(H2,20,21,25). The average molecular weight is 357 g/mol. The molecule has 0 aromatic heterocycles. The molecular weight excluding hydrogens is 334 g/mol. The van der Waals surface area contributed by atoms with E-state index < -0.39 is 0 Å². The summed E-state index contributed by atoms with van der Waals surface area (Å²) in [6.07, 6.45) is 0.863. The molecule has 2 aromatic rings. The third-order valence-electron chi connectivity index (χ3n) is 3.65. The molecule has 2 aromatic carbocycles. The third-order valence-corrected chi connectivity index (χ3v) is 3.90. The first-order chi connectivity index (χ1) is 12.0. The summed E-state index contributed by atoms with van der Waals surface area (Å²) in [6.45, 7) is 0.732. The Morgan fingerprint density at radius 2 is 1.72 bits per heavy atom. The summed E-state index contributed by atoms with van der Waals surface area (Å²) in [5, 5.41) is 6.85. The van der Waals surface area contributed by atoms with Gasteiger partial charge in [0.1, 0.15) is 5.75 Å². The second kappa shape index (κ2) is 9.03. The van der Waals surface area contributed by atoms with E-state index in [0.717, 1.165) is 24.4 Å². The number of carbonyl (C=O) groups is 1. The number of benzene rings is 2. The molecule has 0 radical (unpaired) electrons. The zero-order valence-corrected chi connectivity index (χ0v) is 15.5. The molecule has 0 spiro atoms. The van der Waals surface area contributed by atoms with E-state index >= 15 is 0 Å². The zero-order valence-electron chi connectivity index (χ0n) is 14.7. The Morgan fingerprint density at radius 3 is 2.28 bits per heavy atom. The molecule has 132 valence electrons. The van der Waals surface area contributed by atoms with E-state index in [0.29, 0.717) is 10.7 Å². The third kappa shape index (κ3) is 5.76. The quantitative estimate of drug-likeness (QED) is 0.779. The van der Waals surface area contributed by atoms with Crippen LogP contribution in [0.1, 0.15) is 15.9 Å². The van der Waals surface area contributed by atoms with Gasteiger partial charge in [0.2, 0.25) is 0 Å². The normalized spacial score (nSPS) is 10.0. The number of ether oxygens (including phenoxy) is 1. The molecule has 0 bridgehead atoms. The van der Waals surface area contributed by atoms with Gasteiger partial charge in [0.25, 0.3) is 5.91 Å². The number of nitrogens with zero attached hydrogens (tertiary/aromatic N) is 1. The summed E-state index contributed by atoms with van der Waals surface area (Å²) < 4.78 is 5.14. The number of anilines is 1. The predicted molar refractivity (Wildman–Crippen MR) is 105 cm³/mol. The molecule has 0 unspecified atom stereocenters. The monoisotopic (exact) mass is 357 g/mol. The Bertz CT molecular complexity index is 712. The summed E-state index contributed by atoms with van der Waals surface area (Å²) in [5.74, 6) is 0.830. The highest BCUT2D eigenvalue weighted by molar-refractivity contribution is 7.80. The largest absolute Gasteiger partial charge is 0.497 e. The Morgan fingerprint density at radius 1 is 1.08 bits per heavy atom. The highest BCUT2D eigenvalue weighted by Crippen LogP contribution is 2.12. The molecule has 0 saturated carbocycles. The van der Waals surface area contributed by atoms with Crippen LogP contribution in [0.15, 0.2) is 48.5 Å². The molecular formula is C19H23N3O2S. The Labute approximate surface area is 154 Å². The van der Waals surface area contributed by atoms with E-state index in [2.05, 4.69) is 10.6 Å². The summed E-state index contributed by atoms with van der Waals surface area (Å²) in [5.41, 5.74) is 2.70. The van der Waals surface area contributed by atoms with Crippen molar-refractivity contribution in [1.82, 2.24) is 10.2 Å². The number of rotatable bonds is 6. The van der Waals surface area contributed by atoms with Crippen molar-refractivity contribution in [3.63, 3.8) is 0 Å². The van der Waals surface area contributed by atoms with Gasteiger partial charge in [-0.05, 0) is 60.6 Å². The molecule has 0 atom stereocenters. The second-order valence-corrected chi connectivity index (χ2v) is 6.16. The van der Waals surface area contributed by atoms with Crippen LogP contribution in [-0.2, 0) is 6.42 Å². The van der Waals surface area contributed by atoms with Crippen molar-refractivity contribution in [2.75, 3.05) is 33.1 Å². The fraction of sp³-hybridized carbons (Fsp3) is 0.263. The molecule has 0 aliphatic heterocycles. The molecule has 6 heteroatoms. The van der Waals surface area contributed by atoms with Crippen molar-refractivity contribution in [3.8, 4) is 5.75 Å². The molecule has 0 fully saturated rings. The molecule has 25 heavy (non-hydrogen) atoms. The summed E-state index contributed by atoms with van der Waals surface area (Å²) >= 11 is 5.30. The fourth-order valence-corrected chi connectivity index (χ4v) is 2.46. The first kappa shape index (κ1) is 18.7. The van der Waals surface area contributed by atoms with E-state index in [4.69, 9.17) is 17.0 Å². The van der Waals surface area contributed by atoms with Gasteiger partial charge in [-0.15, -0.1) is 0 Å². The van der Waals surface area contributed by atoms with E-state index in [1.807, 2.05) is 36.4 Å². The molecule has 0 saturated heterocycles. The lowest BCUT2D eigenvalue weighted by atomic mass is 10.1. The summed E-state index contributed by atoms with van der Waals surface area (Å²) in [4.78, 5) is 13.4. The fourth-order valence-electron chi connectivity index (χ4n) is 2.24. The Hall–Kier alpha value is -2.60. The minimum absolute atomic E-state index is 0.0215. The summed E-state index contributed by atoms with van der Waals surface area (Å²) in [7, 11) is 5.12. The predicted octanol–water partition coefficient (Wildman–Crippen LogP) is 2.93. The minimum atomic E-state index is -0.0215. The highest BCUT2D eigenvalue weighted by atomic mass is 32.1. The molecule has 5 nitrogen and oxygen atoms in total. The van der Waals surface area contributed by atoms with Crippen molar-refractivity contribution in [1.29, 1.82) is 0 Å². The summed E-state index contributed by atoms with van der Waals surface area (Å²) in [6, 6.07) is 15.2. The Balaban J connectivity index is 1.78. The number of amides is 1. The smallest absolute Gasteiger partial charge is 0.253 e. The van der Waals surface area contributed by atoms with Gasteiger partial charge >= 0.3 is 0 Å². The molecule has 2 N–H and O–H groups in total. The zero-order chi connectivity index (χ0) is 18.2. The van der Waals surface area contributed by atoms with Crippen LogP contribution in [0.4, 0.5) is 5.69 Å². The maximum absolute atomic E-state index is 11.9. The second-order valence-electron chi connectivity index (χ2n) is 5.76. The first-order valence-electron chi connectivity index (χ1n) is 7.99.